The van der Waals surface area contributed by atoms with Crippen molar-refractivity contribution in [3.8, 4) is 17.4 Å². The predicted molar refractivity (Wildman–Crippen MR) is 116 cm³/mol. The number of nitro groups is 1. The second-order valence-electron chi connectivity index (χ2n) is 6.55. The smallest absolute Gasteiger partial charge is 0.293 e. The molecule has 1 aliphatic rings. The first-order valence-electron chi connectivity index (χ1n) is 8.98. The summed E-state index contributed by atoms with van der Waals surface area (Å²) in [6.07, 6.45) is 2.87. The first kappa shape index (κ1) is 19.8. The maximum Gasteiger partial charge on any atom is 0.293 e. The number of nitro benzene ring substituents is 1. The lowest BCUT2D eigenvalue weighted by atomic mass is 10.1. The molecule has 8 nitrogen and oxygen atoms in total. The number of carbonyl (C=O) groups excluding carboxylic acids is 1. The number of rotatable bonds is 4. The molecule has 0 saturated heterocycles. The van der Waals surface area contributed by atoms with Crippen LogP contribution in [0.4, 0.5) is 10.7 Å². The molecule has 4 rings (SSSR count). The molecule has 3 aromatic rings. The Balaban J connectivity index is 1.45. The quantitative estimate of drug-likeness (QED) is 0.352. The number of non-ortho nitro benzene ring substituents is 1. The number of hydrogen-bond donors (Lipinski definition) is 2. The van der Waals surface area contributed by atoms with Crippen molar-refractivity contribution in [2.75, 3.05) is 5.32 Å². The van der Waals surface area contributed by atoms with Crippen LogP contribution in [0, 0.1) is 21.4 Å². The second kappa shape index (κ2) is 8.06. The summed E-state index contributed by atoms with van der Waals surface area (Å²) >= 11 is 6.69. The summed E-state index contributed by atoms with van der Waals surface area (Å²) in [5.74, 6) is -0.231. The van der Waals surface area contributed by atoms with Crippen molar-refractivity contribution in [2.24, 2.45) is 0 Å². The molecule has 0 unspecified atom stereocenters. The van der Waals surface area contributed by atoms with Crippen LogP contribution in [0.2, 0.25) is 0 Å². The van der Waals surface area contributed by atoms with Gasteiger partial charge in [0.15, 0.2) is 10.9 Å². The van der Waals surface area contributed by atoms with E-state index in [1.54, 1.807) is 18.2 Å². The number of hydrogen-bond acceptors (Lipinski definition) is 7. The standard InChI is InChI=1S/C20H14N4O4S2/c21-10-14-13-5-2-6-17(13)30-19(14)23-20(29)22-18(25)16-8-7-15(28-16)11-3-1-4-12(9-11)24(26)27/h1,3-4,7-9H,2,5-6H2,(H2,22,23,25,29). The van der Waals surface area contributed by atoms with E-state index < -0.39 is 10.8 Å². The highest BCUT2D eigenvalue weighted by molar-refractivity contribution is 7.80. The molecular formula is C20H14N4O4S2. The fourth-order valence-electron chi connectivity index (χ4n) is 3.30. The third-order valence-electron chi connectivity index (χ3n) is 4.66. The summed E-state index contributed by atoms with van der Waals surface area (Å²) < 4.78 is 5.54. The lowest BCUT2D eigenvalue weighted by molar-refractivity contribution is -0.384. The predicted octanol–water partition coefficient (Wildman–Crippen LogP) is 4.40. The van der Waals surface area contributed by atoms with Crippen molar-refractivity contribution in [3.63, 3.8) is 0 Å². The Morgan fingerprint density at radius 3 is 2.90 bits per heavy atom. The second-order valence-corrected chi connectivity index (χ2v) is 8.07. The number of nitrogens with zero attached hydrogens (tertiary/aromatic N) is 2. The van der Waals surface area contributed by atoms with Gasteiger partial charge in [0.25, 0.3) is 11.6 Å². The van der Waals surface area contributed by atoms with E-state index in [0.717, 1.165) is 24.8 Å². The summed E-state index contributed by atoms with van der Waals surface area (Å²) in [6, 6.07) is 11.2. The average Bonchev–Trinajstić information content (AvgIpc) is 3.44. The normalized spacial score (nSPS) is 12.1. The van der Waals surface area contributed by atoms with Crippen molar-refractivity contribution >= 4 is 45.3 Å². The molecule has 0 spiro atoms. The van der Waals surface area contributed by atoms with Crippen molar-refractivity contribution in [1.29, 1.82) is 5.26 Å². The monoisotopic (exact) mass is 438 g/mol. The fraction of sp³-hybridized carbons (Fsp3) is 0.150. The third kappa shape index (κ3) is 3.80. The highest BCUT2D eigenvalue weighted by Crippen LogP contribution is 2.38. The van der Waals surface area contributed by atoms with Crippen LogP contribution in [0.15, 0.2) is 40.8 Å². The minimum atomic E-state index is -0.563. The first-order chi connectivity index (χ1) is 14.5. The maximum absolute atomic E-state index is 12.5. The summed E-state index contributed by atoms with van der Waals surface area (Å²) in [5, 5.41) is 26.5. The lowest BCUT2D eigenvalue weighted by Crippen LogP contribution is -2.33. The molecule has 0 fully saturated rings. The number of carbonyl (C=O) groups is 1. The van der Waals surface area contributed by atoms with Gasteiger partial charge in [0, 0.05) is 22.6 Å². The number of thiophene rings is 1. The Morgan fingerprint density at radius 1 is 1.30 bits per heavy atom. The Kier molecular flexibility index (Phi) is 5.31. The summed E-state index contributed by atoms with van der Waals surface area (Å²) in [7, 11) is 0. The van der Waals surface area contributed by atoms with Gasteiger partial charge in [-0.2, -0.15) is 5.26 Å². The molecule has 10 heteroatoms. The molecule has 0 saturated carbocycles. The van der Waals surface area contributed by atoms with E-state index in [0.29, 0.717) is 21.9 Å². The van der Waals surface area contributed by atoms with Crippen LogP contribution < -0.4 is 10.6 Å². The zero-order chi connectivity index (χ0) is 21.3. The summed E-state index contributed by atoms with van der Waals surface area (Å²) in [5.41, 5.74) is 2.05. The van der Waals surface area contributed by atoms with Gasteiger partial charge in [0.05, 0.1) is 10.5 Å². The lowest BCUT2D eigenvalue weighted by Gasteiger charge is -2.07. The fourth-order valence-corrected chi connectivity index (χ4v) is 4.80. The topological polar surface area (TPSA) is 121 Å². The number of thiocarbonyl (C=S) groups is 1. The molecule has 0 bridgehead atoms. The van der Waals surface area contributed by atoms with E-state index in [4.69, 9.17) is 16.6 Å². The molecule has 2 N–H and O–H groups in total. The molecule has 150 valence electrons. The van der Waals surface area contributed by atoms with Gasteiger partial charge in [-0.05, 0) is 49.2 Å². The molecular weight excluding hydrogens is 424 g/mol. The first-order valence-corrected chi connectivity index (χ1v) is 10.2. The average molecular weight is 438 g/mol. The Bertz CT molecular complexity index is 1220. The van der Waals surface area contributed by atoms with Gasteiger partial charge < -0.3 is 9.73 Å². The van der Waals surface area contributed by atoms with Gasteiger partial charge in [0.2, 0.25) is 0 Å². The van der Waals surface area contributed by atoms with Crippen LogP contribution in [0.5, 0.6) is 0 Å². The molecule has 0 atom stereocenters. The van der Waals surface area contributed by atoms with Crippen LogP contribution in [-0.4, -0.2) is 15.9 Å². The molecule has 1 amide bonds. The zero-order valence-electron chi connectivity index (χ0n) is 15.4. The van der Waals surface area contributed by atoms with Crippen molar-refractivity contribution < 1.29 is 14.1 Å². The Morgan fingerprint density at radius 2 is 2.13 bits per heavy atom. The molecule has 2 aromatic heterocycles. The van der Waals surface area contributed by atoms with E-state index in [1.807, 2.05) is 0 Å². The van der Waals surface area contributed by atoms with Crippen LogP contribution in [0.3, 0.4) is 0 Å². The number of aryl methyl sites for hydroxylation is 1. The van der Waals surface area contributed by atoms with Gasteiger partial charge >= 0.3 is 0 Å². The van der Waals surface area contributed by atoms with Crippen LogP contribution in [-0.2, 0) is 12.8 Å². The highest BCUT2D eigenvalue weighted by Gasteiger charge is 2.23. The summed E-state index contributed by atoms with van der Waals surface area (Å²) in [4.78, 5) is 24.1. The zero-order valence-corrected chi connectivity index (χ0v) is 17.1. The van der Waals surface area contributed by atoms with E-state index >= 15 is 0 Å². The molecule has 0 radical (unpaired) electrons. The molecule has 30 heavy (non-hydrogen) atoms. The number of furan rings is 1. The van der Waals surface area contributed by atoms with Crippen molar-refractivity contribution in [1.82, 2.24) is 5.32 Å². The van der Waals surface area contributed by atoms with E-state index in [9.17, 15) is 20.2 Å². The molecule has 0 aliphatic heterocycles. The SMILES string of the molecule is N#Cc1c(NC(=S)NC(=O)c2ccc(-c3cccc([N+](=O)[O-])c3)o2)sc2c1CCC2. The number of benzene rings is 1. The summed E-state index contributed by atoms with van der Waals surface area (Å²) in [6.45, 7) is 0. The maximum atomic E-state index is 12.5. The number of nitriles is 1. The largest absolute Gasteiger partial charge is 0.451 e. The van der Waals surface area contributed by atoms with Crippen LogP contribution >= 0.6 is 23.6 Å². The van der Waals surface area contributed by atoms with Gasteiger partial charge in [-0.25, -0.2) is 0 Å². The van der Waals surface area contributed by atoms with Gasteiger partial charge in [-0.15, -0.1) is 11.3 Å². The van der Waals surface area contributed by atoms with E-state index in [1.165, 1.54) is 34.4 Å². The third-order valence-corrected chi connectivity index (χ3v) is 6.07. The van der Waals surface area contributed by atoms with Crippen molar-refractivity contribution in [2.45, 2.75) is 19.3 Å². The van der Waals surface area contributed by atoms with E-state index in [-0.39, 0.29) is 16.6 Å². The minimum absolute atomic E-state index is 0.00911. The Hall–Kier alpha value is -3.55. The number of fused-ring (bicyclic) bond motifs is 1. The van der Waals surface area contributed by atoms with Gasteiger partial charge in [-0.1, -0.05) is 12.1 Å². The van der Waals surface area contributed by atoms with Crippen LogP contribution in [0.1, 0.15) is 33.0 Å². The Labute approximate surface area is 180 Å². The van der Waals surface area contributed by atoms with Crippen molar-refractivity contribution in [3.05, 3.63) is 68.3 Å². The molecule has 1 aromatic carbocycles. The van der Waals surface area contributed by atoms with Gasteiger partial charge in [-0.3, -0.25) is 20.2 Å². The number of amides is 1. The minimum Gasteiger partial charge on any atom is -0.451 e. The van der Waals surface area contributed by atoms with Gasteiger partial charge in [0.1, 0.15) is 16.8 Å². The van der Waals surface area contributed by atoms with Crippen LogP contribution in [0.25, 0.3) is 11.3 Å². The highest BCUT2D eigenvalue weighted by atomic mass is 32.1. The molecule has 2 heterocycles. The molecule has 1 aliphatic carbocycles. The number of nitrogens with one attached hydrogen (secondary N) is 2. The number of anilines is 1. The van der Waals surface area contributed by atoms with E-state index in [2.05, 4.69) is 16.7 Å².